The number of thiophene rings is 1. The molecule has 1 aromatic heterocycles. The van der Waals surface area contributed by atoms with Gasteiger partial charge in [-0.2, -0.15) is 9.03 Å². The van der Waals surface area contributed by atoms with E-state index in [9.17, 15) is 23.8 Å². The lowest BCUT2D eigenvalue weighted by atomic mass is 10.1. The molecule has 3 rings (SSSR count). The second-order valence-electron chi connectivity index (χ2n) is 5.82. The number of esters is 1. The molecule has 0 bridgehead atoms. The summed E-state index contributed by atoms with van der Waals surface area (Å²) in [7, 11) is -3.22. The molecule has 1 aliphatic heterocycles. The van der Waals surface area contributed by atoms with Gasteiger partial charge in [-0.3, -0.25) is 9.11 Å². The van der Waals surface area contributed by atoms with Gasteiger partial charge < -0.3 is 14.9 Å². The first-order valence-electron chi connectivity index (χ1n) is 7.81. The molecule has 11 heteroatoms. The van der Waals surface area contributed by atoms with Crippen molar-refractivity contribution in [3.8, 4) is 0 Å². The molecule has 1 fully saturated rings. The molecule has 1 atom stereocenters. The summed E-state index contributed by atoms with van der Waals surface area (Å²) in [6.45, 7) is 0.238. The number of ether oxygens (including phenoxy) is 1. The van der Waals surface area contributed by atoms with Gasteiger partial charge in [0, 0.05) is 4.88 Å². The third-order valence-electron chi connectivity index (χ3n) is 3.80. The van der Waals surface area contributed by atoms with Crippen molar-refractivity contribution >= 4 is 34.2 Å². The number of aromatic carboxylic acids is 1. The summed E-state index contributed by atoms with van der Waals surface area (Å²) in [6.07, 6.45) is -1.02. The van der Waals surface area contributed by atoms with Crippen LogP contribution in [0, 0.1) is 0 Å². The topological polar surface area (TPSA) is 140 Å². The van der Waals surface area contributed by atoms with E-state index in [1.54, 1.807) is 24.3 Å². The zero-order valence-electron chi connectivity index (χ0n) is 13.9. The van der Waals surface area contributed by atoms with Gasteiger partial charge in [-0.1, -0.05) is 23.1 Å². The minimum atomic E-state index is -3.22. The van der Waals surface area contributed by atoms with E-state index >= 15 is 0 Å². The molecule has 2 heterocycles. The summed E-state index contributed by atoms with van der Waals surface area (Å²) in [5, 5.41) is 18.3. The van der Waals surface area contributed by atoms with Crippen LogP contribution in [-0.2, 0) is 17.9 Å². The fraction of sp³-hybridized carbons (Fsp3) is 0.250. The molecule has 1 unspecified atom stereocenters. The first-order chi connectivity index (χ1) is 12.7. The van der Waals surface area contributed by atoms with Crippen LogP contribution in [0.3, 0.4) is 0 Å². The number of carboxylic acid groups (broad SMARTS) is 1. The fourth-order valence-corrected chi connectivity index (χ4v) is 4.71. The van der Waals surface area contributed by atoms with E-state index in [2.05, 4.69) is 4.72 Å². The van der Waals surface area contributed by atoms with Crippen molar-refractivity contribution in [3.05, 3.63) is 57.3 Å². The number of benzene rings is 1. The summed E-state index contributed by atoms with van der Waals surface area (Å²) in [6, 6.07) is 9.29. The zero-order valence-corrected chi connectivity index (χ0v) is 15.6. The molecule has 0 spiro atoms. The van der Waals surface area contributed by atoms with Crippen LogP contribution < -0.4 is 4.72 Å². The van der Waals surface area contributed by atoms with Crippen LogP contribution in [0.1, 0.15) is 30.5 Å². The second-order valence-corrected chi connectivity index (χ2v) is 8.78. The lowest BCUT2D eigenvalue weighted by molar-refractivity contribution is 0.0477. The standard InChI is InChI=1S/C16H18N2O7S2/c19-14-8-18(27(23,24)17-14)7-12-5-6-13(26-12)16(22)25-9-10-1-3-11(4-2-10)15(20)21/h1-6,14,17,19,23-24H,7-9H2,(H,20,21). The largest absolute Gasteiger partial charge is 0.478 e. The Bertz CT molecular complexity index is 838. The summed E-state index contributed by atoms with van der Waals surface area (Å²) in [4.78, 5) is 24.0. The van der Waals surface area contributed by atoms with Crippen molar-refractivity contribution in [1.82, 2.24) is 9.03 Å². The van der Waals surface area contributed by atoms with E-state index < -0.39 is 29.1 Å². The Balaban J connectivity index is 1.56. The number of β-amino-alcohol motifs (C(OH)–C–C–N with tert-alkyl or cyclic N) is 1. The normalized spacial score (nSPS) is 20.3. The van der Waals surface area contributed by atoms with Crippen LogP contribution in [0.15, 0.2) is 36.4 Å². The molecular weight excluding hydrogens is 396 g/mol. The monoisotopic (exact) mass is 414 g/mol. The maximum Gasteiger partial charge on any atom is 0.348 e. The molecule has 0 saturated carbocycles. The van der Waals surface area contributed by atoms with Gasteiger partial charge in [-0.25, -0.2) is 9.59 Å². The van der Waals surface area contributed by atoms with Crippen molar-refractivity contribution in [2.24, 2.45) is 0 Å². The molecule has 2 aromatic rings. The van der Waals surface area contributed by atoms with E-state index in [4.69, 9.17) is 9.84 Å². The van der Waals surface area contributed by atoms with E-state index in [1.807, 2.05) is 0 Å². The zero-order chi connectivity index (χ0) is 19.6. The quantitative estimate of drug-likeness (QED) is 0.450. The molecule has 0 radical (unpaired) electrons. The predicted octanol–water partition coefficient (Wildman–Crippen LogP) is 2.11. The van der Waals surface area contributed by atoms with Crippen LogP contribution in [0.25, 0.3) is 0 Å². The smallest absolute Gasteiger partial charge is 0.348 e. The predicted molar refractivity (Wildman–Crippen MR) is 99.2 cm³/mol. The highest BCUT2D eigenvalue weighted by molar-refractivity contribution is 8.20. The molecule has 1 aliphatic rings. The molecule has 0 aliphatic carbocycles. The highest BCUT2D eigenvalue weighted by atomic mass is 32.3. The maximum atomic E-state index is 12.2. The van der Waals surface area contributed by atoms with Gasteiger partial charge in [0.1, 0.15) is 17.7 Å². The van der Waals surface area contributed by atoms with Gasteiger partial charge in [0.2, 0.25) is 0 Å². The highest BCUT2D eigenvalue weighted by Gasteiger charge is 2.34. The third kappa shape index (κ3) is 4.84. The lowest BCUT2D eigenvalue weighted by Crippen LogP contribution is -2.25. The Hall–Kier alpha value is -1.99. The van der Waals surface area contributed by atoms with Crippen LogP contribution >= 0.6 is 22.3 Å². The van der Waals surface area contributed by atoms with Gasteiger partial charge in [-0.05, 0) is 29.8 Å². The first-order valence-corrected chi connectivity index (χ1v) is 10.1. The Labute approximate surface area is 160 Å². The van der Waals surface area contributed by atoms with Crippen LogP contribution in [-0.4, -0.2) is 48.3 Å². The number of carboxylic acids is 1. The molecule has 1 saturated heterocycles. The Morgan fingerprint density at radius 1 is 1.22 bits per heavy atom. The lowest BCUT2D eigenvalue weighted by Gasteiger charge is -2.34. The number of hydrogen-bond donors (Lipinski definition) is 5. The summed E-state index contributed by atoms with van der Waals surface area (Å²) in [5.41, 5.74) is 0.816. The van der Waals surface area contributed by atoms with Gasteiger partial charge >= 0.3 is 11.9 Å². The number of rotatable bonds is 6. The number of carbonyl (C=O) groups excluding carboxylic acids is 1. The van der Waals surface area contributed by atoms with E-state index in [-0.39, 0.29) is 25.3 Å². The first kappa shape index (κ1) is 19.8. The van der Waals surface area contributed by atoms with E-state index in [1.165, 1.54) is 16.4 Å². The maximum absolute atomic E-state index is 12.2. The number of carbonyl (C=O) groups is 2. The average Bonchev–Trinajstić information content (AvgIpc) is 3.17. The summed E-state index contributed by atoms with van der Waals surface area (Å²) in [5.74, 6) is -1.55. The van der Waals surface area contributed by atoms with Crippen molar-refractivity contribution in [3.63, 3.8) is 0 Å². The van der Waals surface area contributed by atoms with Crippen molar-refractivity contribution < 1.29 is 33.6 Å². The van der Waals surface area contributed by atoms with Crippen LogP contribution in [0.2, 0.25) is 0 Å². The highest BCUT2D eigenvalue weighted by Crippen LogP contribution is 2.44. The van der Waals surface area contributed by atoms with Gasteiger partial charge in [0.15, 0.2) is 0 Å². The SMILES string of the molecule is O=C(O)c1ccc(COC(=O)c2ccc(CN3CC(O)NS3(O)O)s2)cc1. The number of hydrogen-bond acceptors (Lipinski definition) is 9. The number of aliphatic hydroxyl groups is 1. The Morgan fingerprint density at radius 3 is 2.52 bits per heavy atom. The number of nitrogens with one attached hydrogen (secondary N) is 1. The van der Waals surface area contributed by atoms with Crippen molar-refractivity contribution in [1.29, 1.82) is 0 Å². The fourth-order valence-electron chi connectivity index (χ4n) is 2.46. The van der Waals surface area contributed by atoms with Crippen molar-refractivity contribution in [2.75, 3.05) is 6.54 Å². The minimum absolute atomic E-state index is 0.00867. The van der Waals surface area contributed by atoms with Gasteiger partial charge in [0.05, 0.1) is 18.7 Å². The molecule has 0 amide bonds. The van der Waals surface area contributed by atoms with Gasteiger partial charge in [0.25, 0.3) is 0 Å². The summed E-state index contributed by atoms with van der Waals surface area (Å²) >= 11 is 1.16. The van der Waals surface area contributed by atoms with Crippen LogP contribution in [0.5, 0.6) is 0 Å². The third-order valence-corrected chi connectivity index (χ3v) is 6.43. The molecule has 5 N–H and O–H groups in total. The van der Waals surface area contributed by atoms with E-state index in [0.717, 1.165) is 11.3 Å². The van der Waals surface area contributed by atoms with E-state index in [0.29, 0.717) is 15.3 Å². The molecule has 1 aromatic carbocycles. The Morgan fingerprint density at radius 2 is 1.93 bits per heavy atom. The summed E-state index contributed by atoms with van der Waals surface area (Å²) < 4.78 is 28.5. The molecular formula is C16H18N2O7S2. The molecule has 27 heavy (non-hydrogen) atoms. The minimum Gasteiger partial charge on any atom is -0.478 e. The second kappa shape index (κ2) is 7.94. The van der Waals surface area contributed by atoms with Gasteiger partial charge in [-0.15, -0.1) is 11.3 Å². The van der Waals surface area contributed by atoms with Crippen molar-refractivity contribution in [2.45, 2.75) is 19.4 Å². The molecule has 146 valence electrons. The number of aliphatic hydroxyl groups excluding tert-OH is 1. The Kier molecular flexibility index (Phi) is 5.81. The average molecular weight is 414 g/mol. The van der Waals surface area contributed by atoms with Crippen LogP contribution in [0.4, 0.5) is 0 Å². The number of nitrogens with zero attached hydrogens (tertiary/aromatic N) is 1. The molecule has 9 nitrogen and oxygen atoms in total.